The minimum absolute atomic E-state index is 0.438. The topological polar surface area (TPSA) is 93.7 Å². The first kappa shape index (κ1) is 11.8. The van der Waals surface area contributed by atoms with Crippen molar-refractivity contribution >= 4 is 11.8 Å². The van der Waals surface area contributed by atoms with Gasteiger partial charge in [-0.3, -0.25) is 5.32 Å². The van der Waals surface area contributed by atoms with Crippen LogP contribution in [0, 0.1) is 0 Å². The smallest absolute Gasteiger partial charge is 0.354 e. The van der Waals surface area contributed by atoms with Crippen molar-refractivity contribution in [3.63, 3.8) is 0 Å². The van der Waals surface area contributed by atoms with Crippen LogP contribution >= 0.6 is 0 Å². The molecule has 1 aliphatic heterocycles. The van der Waals surface area contributed by atoms with Crippen LogP contribution < -0.4 is 9.88 Å². The number of carbonyl (C=O) groups is 1. The number of pyridine rings is 1. The Hall–Kier alpha value is -1.66. The summed E-state index contributed by atoms with van der Waals surface area (Å²) in [4.78, 5) is 11.2. The summed E-state index contributed by atoms with van der Waals surface area (Å²) in [7, 11) is 0. The molecule has 1 aromatic rings. The van der Waals surface area contributed by atoms with Gasteiger partial charge in [0, 0.05) is 13.0 Å². The number of anilines is 1. The van der Waals surface area contributed by atoms with E-state index in [4.69, 9.17) is 0 Å². The van der Waals surface area contributed by atoms with Gasteiger partial charge in [-0.25, -0.2) is 9.36 Å². The molecule has 6 heteroatoms. The van der Waals surface area contributed by atoms with Gasteiger partial charge in [-0.2, -0.15) is 0 Å². The van der Waals surface area contributed by atoms with Crippen molar-refractivity contribution in [2.75, 3.05) is 5.32 Å². The Balaban J connectivity index is 2.62. The van der Waals surface area contributed by atoms with Gasteiger partial charge >= 0.3 is 5.97 Å². The Morgan fingerprint density at radius 1 is 1.47 bits per heavy atom. The Morgan fingerprint density at radius 3 is 2.71 bits per heavy atom. The maximum atomic E-state index is 11.2. The summed E-state index contributed by atoms with van der Waals surface area (Å²) in [6.45, 7) is 2.72. The number of aliphatic hydroxyl groups excluding tert-OH is 1. The standard InChI is InChI=1S/C11H14N2O4/c1-10(9(15)16)8(14)11(2,17)13-6-4-3-5-7(13)12-10/h3-6,8,14,17H,1-2H3,(H,15,16)/p+1/t8-,10-,11+/m0/s1. The molecule has 92 valence electrons. The molecule has 2 heterocycles. The highest BCUT2D eigenvalue weighted by atomic mass is 16.4. The molecule has 0 saturated heterocycles. The number of aromatic nitrogens is 1. The summed E-state index contributed by atoms with van der Waals surface area (Å²) < 4.78 is 1.41. The number of nitrogens with one attached hydrogen (secondary N) is 1. The van der Waals surface area contributed by atoms with Crippen LogP contribution in [0.15, 0.2) is 24.4 Å². The van der Waals surface area contributed by atoms with Crippen molar-refractivity contribution in [2.24, 2.45) is 0 Å². The van der Waals surface area contributed by atoms with Crippen LogP contribution in [0.3, 0.4) is 0 Å². The van der Waals surface area contributed by atoms with Crippen molar-refractivity contribution in [2.45, 2.75) is 31.2 Å². The highest BCUT2D eigenvalue weighted by molar-refractivity contribution is 5.83. The van der Waals surface area contributed by atoms with E-state index in [-0.39, 0.29) is 0 Å². The number of rotatable bonds is 1. The maximum Gasteiger partial charge on any atom is 0.354 e. The minimum atomic E-state index is -1.69. The van der Waals surface area contributed by atoms with Gasteiger partial charge in [0.05, 0.1) is 6.20 Å². The molecule has 0 radical (unpaired) electrons. The summed E-state index contributed by atoms with van der Waals surface area (Å²) in [5.41, 5.74) is -3.32. The summed E-state index contributed by atoms with van der Waals surface area (Å²) in [6.07, 6.45) is 0.0971. The molecule has 0 unspecified atom stereocenters. The van der Waals surface area contributed by atoms with E-state index in [2.05, 4.69) is 5.32 Å². The number of aliphatic carboxylic acids is 1. The van der Waals surface area contributed by atoms with Crippen LogP contribution in [0.5, 0.6) is 0 Å². The SMILES string of the molecule is C[C@]1(C(=O)O)Nc2cccc[n+]2[C@](C)(O)[C@H]1O. The largest absolute Gasteiger partial charge is 0.478 e. The molecular formula is C11H15N2O4+. The lowest BCUT2D eigenvalue weighted by Gasteiger charge is -2.40. The number of fused-ring (bicyclic) bond motifs is 1. The van der Waals surface area contributed by atoms with Crippen molar-refractivity contribution < 1.29 is 24.7 Å². The fourth-order valence-electron chi connectivity index (χ4n) is 2.12. The predicted molar refractivity (Wildman–Crippen MR) is 58.2 cm³/mol. The van der Waals surface area contributed by atoms with E-state index >= 15 is 0 Å². The molecule has 17 heavy (non-hydrogen) atoms. The zero-order valence-corrected chi connectivity index (χ0v) is 9.58. The molecule has 0 spiro atoms. The highest BCUT2D eigenvalue weighted by Crippen LogP contribution is 2.30. The number of hydrogen-bond acceptors (Lipinski definition) is 4. The molecule has 2 rings (SSSR count). The first-order valence-corrected chi connectivity index (χ1v) is 5.23. The Bertz CT molecular complexity index is 474. The van der Waals surface area contributed by atoms with E-state index in [0.717, 1.165) is 0 Å². The van der Waals surface area contributed by atoms with Crippen molar-refractivity contribution in [1.82, 2.24) is 0 Å². The van der Waals surface area contributed by atoms with Crippen LogP contribution in [0.4, 0.5) is 5.82 Å². The quantitative estimate of drug-likeness (QED) is 0.485. The van der Waals surface area contributed by atoms with E-state index < -0.39 is 23.3 Å². The second-order valence-electron chi connectivity index (χ2n) is 4.59. The molecule has 1 aromatic heterocycles. The molecule has 4 N–H and O–H groups in total. The first-order valence-electron chi connectivity index (χ1n) is 5.23. The summed E-state index contributed by atoms with van der Waals surface area (Å²) in [5.74, 6) is -0.784. The molecule has 1 aliphatic rings. The van der Waals surface area contributed by atoms with Gasteiger partial charge in [-0.1, -0.05) is 6.07 Å². The number of nitrogens with zero attached hydrogens (tertiary/aromatic N) is 1. The van der Waals surface area contributed by atoms with Crippen LogP contribution in [-0.4, -0.2) is 32.9 Å². The highest BCUT2D eigenvalue weighted by Gasteiger charge is 2.60. The average Bonchev–Trinajstić information content (AvgIpc) is 2.26. The van der Waals surface area contributed by atoms with Crippen molar-refractivity contribution in [3.8, 4) is 0 Å². The van der Waals surface area contributed by atoms with Crippen LogP contribution in [0.1, 0.15) is 13.8 Å². The number of hydrogen-bond donors (Lipinski definition) is 4. The van der Waals surface area contributed by atoms with Gasteiger partial charge in [0.25, 0.3) is 5.82 Å². The Kier molecular flexibility index (Phi) is 2.37. The Labute approximate surface area is 98.1 Å². The van der Waals surface area contributed by atoms with Gasteiger partial charge in [-0.15, -0.1) is 0 Å². The lowest BCUT2D eigenvalue weighted by atomic mass is 9.85. The van der Waals surface area contributed by atoms with E-state index in [0.29, 0.717) is 5.82 Å². The summed E-state index contributed by atoms with van der Waals surface area (Å²) in [5, 5.41) is 32.3. The number of aliphatic hydroxyl groups is 2. The van der Waals surface area contributed by atoms with Crippen LogP contribution in [0.25, 0.3) is 0 Å². The lowest BCUT2D eigenvalue weighted by Crippen LogP contribution is -2.75. The molecule has 6 nitrogen and oxygen atoms in total. The van der Waals surface area contributed by atoms with E-state index in [1.54, 1.807) is 24.4 Å². The second-order valence-corrected chi connectivity index (χ2v) is 4.59. The minimum Gasteiger partial charge on any atom is -0.478 e. The van der Waals surface area contributed by atoms with Gasteiger partial charge in [-0.05, 0) is 13.0 Å². The summed E-state index contributed by atoms with van der Waals surface area (Å²) >= 11 is 0. The van der Waals surface area contributed by atoms with Crippen LogP contribution in [-0.2, 0) is 10.5 Å². The third kappa shape index (κ3) is 1.49. The molecule has 3 atom stereocenters. The molecule has 0 bridgehead atoms. The number of carboxylic acids is 1. The molecule has 0 saturated carbocycles. The third-order valence-electron chi connectivity index (χ3n) is 3.24. The average molecular weight is 239 g/mol. The predicted octanol–water partition coefficient (Wildman–Crippen LogP) is -0.731. The van der Waals surface area contributed by atoms with E-state index in [9.17, 15) is 20.1 Å². The fourth-order valence-corrected chi connectivity index (χ4v) is 2.12. The van der Waals surface area contributed by atoms with Gasteiger partial charge in [0.2, 0.25) is 11.3 Å². The molecule has 0 aliphatic carbocycles. The first-order chi connectivity index (χ1) is 7.80. The molecule has 0 fully saturated rings. The van der Waals surface area contributed by atoms with Gasteiger partial charge in [0.1, 0.15) is 0 Å². The monoisotopic (exact) mass is 239 g/mol. The summed E-state index contributed by atoms with van der Waals surface area (Å²) in [6, 6.07) is 5.05. The lowest BCUT2D eigenvalue weighted by molar-refractivity contribution is -0.806. The second kappa shape index (κ2) is 3.41. The maximum absolute atomic E-state index is 11.2. The van der Waals surface area contributed by atoms with Crippen LogP contribution in [0.2, 0.25) is 0 Å². The number of carboxylic acid groups (broad SMARTS) is 1. The van der Waals surface area contributed by atoms with Crippen molar-refractivity contribution in [1.29, 1.82) is 0 Å². The van der Waals surface area contributed by atoms with E-state index in [1.165, 1.54) is 18.4 Å². The third-order valence-corrected chi connectivity index (χ3v) is 3.24. The van der Waals surface area contributed by atoms with E-state index in [1.807, 2.05) is 0 Å². The Morgan fingerprint density at radius 2 is 2.12 bits per heavy atom. The normalized spacial score (nSPS) is 35.9. The molecule has 0 amide bonds. The van der Waals surface area contributed by atoms with Crippen molar-refractivity contribution in [3.05, 3.63) is 24.4 Å². The fraction of sp³-hybridized carbons (Fsp3) is 0.455. The van der Waals surface area contributed by atoms with Gasteiger partial charge < -0.3 is 15.3 Å². The van der Waals surface area contributed by atoms with Gasteiger partial charge in [0.15, 0.2) is 6.10 Å². The zero-order chi connectivity index (χ0) is 12.8. The molecule has 0 aromatic carbocycles. The molecular weight excluding hydrogens is 224 g/mol. The zero-order valence-electron chi connectivity index (χ0n) is 9.58.